The molecule has 1 aromatic heterocycles. The number of anilines is 1. The summed E-state index contributed by atoms with van der Waals surface area (Å²) in [6.07, 6.45) is -0.795. The van der Waals surface area contributed by atoms with Crippen LogP contribution < -0.4 is 16.2 Å². The molecule has 3 N–H and O–H groups in total. The van der Waals surface area contributed by atoms with Crippen molar-refractivity contribution in [1.82, 2.24) is 20.8 Å². The molecule has 0 atom stereocenters. The maximum absolute atomic E-state index is 13.7. The number of aromatic nitrogens is 2. The Balaban J connectivity index is 0.00000166. The first-order valence-electron chi connectivity index (χ1n) is 9.34. The lowest BCUT2D eigenvalue weighted by molar-refractivity contribution is -0.174. The highest BCUT2D eigenvalue weighted by atomic mass is 35.5. The summed E-state index contributed by atoms with van der Waals surface area (Å²) < 4.78 is 50.0. The minimum atomic E-state index is -5.13. The number of carbonyl (C=O) groups is 2. The van der Waals surface area contributed by atoms with Gasteiger partial charge in [0.25, 0.3) is 5.91 Å². The highest BCUT2D eigenvalue weighted by Gasteiger charge is 2.41. The maximum Gasteiger partial charge on any atom is 0.472 e. The first-order chi connectivity index (χ1) is 14.6. The summed E-state index contributed by atoms with van der Waals surface area (Å²) in [5.74, 6) is -3.66. The Morgan fingerprint density at radius 1 is 1.10 bits per heavy atom. The molecule has 1 saturated carbocycles. The summed E-state index contributed by atoms with van der Waals surface area (Å²) in [5, 5.41) is 3.47. The largest absolute Gasteiger partial charge is 0.472 e. The zero-order valence-electron chi connectivity index (χ0n) is 16.6. The molecule has 168 valence electrons. The number of nitrogens with zero attached hydrogens (tertiary/aromatic N) is 2. The van der Waals surface area contributed by atoms with Gasteiger partial charge >= 0.3 is 12.1 Å². The SMILES string of the molecule is CC.O=C(NNC(=O)C(F)(F)F)c1cnc(NC2(c3cc(F)ccc3Cl)CCC2)nc1. The second-order valence-corrected chi connectivity index (χ2v) is 6.79. The van der Waals surface area contributed by atoms with Crippen LogP contribution in [-0.4, -0.2) is 28.0 Å². The van der Waals surface area contributed by atoms with Crippen molar-refractivity contribution in [2.24, 2.45) is 0 Å². The minimum Gasteiger partial charge on any atom is -0.345 e. The van der Waals surface area contributed by atoms with Gasteiger partial charge in [-0.15, -0.1) is 0 Å². The van der Waals surface area contributed by atoms with Crippen LogP contribution >= 0.6 is 11.6 Å². The number of hydrazine groups is 1. The molecule has 3 rings (SSSR count). The molecule has 31 heavy (non-hydrogen) atoms. The first-order valence-corrected chi connectivity index (χ1v) is 9.72. The molecule has 0 radical (unpaired) electrons. The Bertz CT molecular complexity index is 934. The minimum absolute atomic E-state index is 0.126. The van der Waals surface area contributed by atoms with Gasteiger partial charge in [-0.1, -0.05) is 25.4 Å². The van der Waals surface area contributed by atoms with E-state index >= 15 is 0 Å². The lowest BCUT2D eigenvalue weighted by Crippen LogP contribution is -2.47. The van der Waals surface area contributed by atoms with Gasteiger partial charge in [0.15, 0.2) is 0 Å². The number of hydrogen-bond donors (Lipinski definition) is 3. The lowest BCUT2D eigenvalue weighted by atomic mass is 9.72. The van der Waals surface area contributed by atoms with E-state index in [0.717, 1.165) is 18.8 Å². The predicted molar refractivity (Wildman–Crippen MR) is 106 cm³/mol. The zero-order chi connectivity index (χ0) is 23.2. The summed E-state index contributed by atoms with van der Waals surface area (Å²) in [5.41, 5.74) is 2.58. The van der Waals surface area contributed by atoms with E-state index in [4.69, 9.17) is 11.6 Å². The highest BCUT2D eigenvalue weighted by Crippen LogP contribution is 2.46. The van der Waals surface area contributed by atoms with E-state index in [9.17, 15) is 27.2 Å². The number of hydrogen-bond acceptors (Lipinski definition) is 5. The van der Waals surface area contributed by atoms with Crippen molar-refractivity contribution in [3.8, 4) is 0 Å². The van der Waals surface area contributed by atoms with E-state index in [1.807, 2.05) is 13.8 Å². The fourth-order valence-corrected chi connectivity index (χ4v) is 3.14. The van der Waals surface area contributed by atoms with Gasteiger partial charge < -0.3 is 5.32 Å². The molecule has 1 aliphatic carbocycles. The highest BCUT2D eigenvalue weighted by molar-refractivity contribution is 6.31. The molecular weight excluding hydrogens is 442 g/mol. The summed E-state index contributed by atoms with van der Waals surface area (Å²) in [7, 11) is 0. The van der Waals surface area contributed by atoms with Crippen LogP contribution in [-0.2, 0) is 10.3 Å². The van der Waals surface area contributed by atoms with Crippen LogP contribution in [0.5, 0.6) is 0 Å². The number of amides is 2. The standard InChI is InChI=1S/C17H14ClF4N5O2.C2H6/c18-12-3-2-10(19)6-11(12)16(4-1-5-16)25-15-23-7-9(8-24-15)13(28)26-27-14(29)17(20,21)22;1-2/h2-3,6-8H,1,4-5H2,(H,26,28)(H,27,29)(H,23,24,25);1-2H3. The van der Waals surface area contributed by atoms with E-state index in [2.05, 4.69) is 15.3 Å². The second kappa shape index (κ2) is 9.90. The van der Waals surface area contributed by atoms with Gasteiger partial charge in [-0.2, -0.15) is 13.2 Å². The first kappa shape index (κ1) is 24.3. The summed E-state index contributed by atoms with van der Waals surface area (Å²) in [4.78, 5) is 30.4. The zero-order valence-corrected chi connectivity index (χ0v) is 17.4. The average molecular weight is 462 g/mol. The van der Waals surface area contributed by atoms with Gasteiger partial charge in [0, 0.05) is 17.4 Å². The topological polar surface area (TPSA) is 96.0 Å². The number of benzene rings is 1. The van der Waals surface area contributed by atoms with Crippen LogP contribution in [0, 0.1) is 5.82 Å². The number of nitrogens with one attached hydrogen (secondary N) is 3. The second-order valence-electron chi connectivity index (χ2n) is 6.39. The number of carbonyl (C=O) groups excluding carboxylic acids is 2. The molecule has 2 aromatic rings. The van der Waals surface area contributed by atoms with Crippen LogP contribution in [0.15, 0.2) is 30.6 Å². The molecule has 0 spiro atoms. The van der Waals surface area contributed by atoms with Gasteiger partial charge in [0.1, 0.15) is 5.82 Å². The summed E-state index contributed by atoms with van der Waals surface area (Å²) >= 11 is 6.20. The Hall–Kier alpha value is -2.95. The normalized spacial score (nSPS) is 14.4. The molecule has 12 heteroatoms. The fraction of sp³-hybridized carbons (Fsp3) is 0.368. The van der Waals surface area contributed by atoms with Crippen LogP contribution in [0.1, 0.15) is 49.0 Å². The van der Waals surface area contributed by atoms with Gasteiger partial charge in [-0.3, -0.25) is 20.4 Å². The van der Waals surface area contributed by atoms with Crippen molar-refractivity contribution in [3.05, 3.63) is 52.6 Å². The van der Waals surface area contributed by atoms with Crippen molar-refractivity contribution in [3.63, 3.8) is 0 Å². The van der Waals surface area contributed by atoms with E-state index in [1.165, 1.54) is 23.6 Å². The third-order valence-electron chi connectivity index (χ3n) is 4.46. The van der Waals surface area contributed by atoms with Crippen molar-refractivity contribution in [2.45, 2.75) is 44.8 Å². The smallest absolute Gasteiger partial charge is 0.345 e. The molecule has 0 bridgehead atoms. The van der Waals surface area contributed by atoms with E-state index in [0.29, 0.717) is 23.4 Å². The van der Waals surface area contributed by atoms with Crippen LogP contribution in [0.4, 0.5) is 23.5 Å². The van der Waals surface area contributed by atoms with Crippen molar-refractivity contribution in [2.75, 3.05) is 5.32 Å². The van der Waals surface area contributed by atoms with Crippen molar-refractivity contribution < 1.29 is 27.2 Å². The maximum atomic E-state index is 13.7. The lowest BCUT2D eigenvalue weighted by Gasteiger charge is -2.43. The molecule has 0 saturated heterocycles. The molecule has 2 amide bonds. The molecule has 7 nitrogen and oxygen atoms in total. The molecule has 1 aliphatic rings. The van der Waals surface area contributed by atoms with Gasteiger partial charge in [-0.25, -0.2) is 14.4 Å². The Morgan fingerprint density at radius 2 is 1.71 bits per heavy atom. The van der Waals surface area contributed by atoms with E-state index < -0.39 is 29.3 Å². The van der Waals surface area contributed by atoms with Crippen LogP contribution in [0.2, 0.25) is 5.02 Å². The summed E-state index contributed by atoms with van der Waals surface area (Å²) in [6, 6.07) is 4.04. The number of rotatable bonds is 4. The van der Waals surface area contributed by atoms with Crippen LogP contribution in [0.25, 0.3) is 0 Å². The third-order valence-corrected chi connectivity index (χ3v) is 4.79. The fourth-order valence-electron chi connectivity index (χ4n) is 2.84. The monoisotopic (exact) mass is 461 g/mol. The number of halogens is 5. The van der Waals surface area contributed by atoms with Gasteiger partial charge in [0.05, 0.1) is 11.1 Å². The van der Waals surface area contributed by atoms with Gasteiger partial charge in [-0.05, 0) is 43.0 Å². The molecule has 1 aromatic carbocycles. The molecule has 1 heterocycles. The molecule has 1 fully saturated rings. The predicted octanol–water partition coefficient (Wildman–Crippen LogP) is 4.11. The van der Waals surface area contributed by atoms with E-state index in [1.54, 1.807) is 5.43 Å². The van der Waals surface area contributed by atoms with Gasteiger partial charge in [0.2, 0.25) is 5.95 Å². The summed E-state index contributed by atoms with van der Waals surface area (Å²) in [6.45, 7) is 4.00. The van der Waals surface area contributed by atoms with E-state index in [-0.39, 0.29) is 11.5 Å². The van der Waals surface area contributed by atoms with Crippen LogP contribution in [0.3, 0.4) is 0 Å². The molecule has 0 unspecified atom stereocenters. The Kier molecular flexibility index (Phi) is 7.77. The quantitative estimate of drug-likeness (QED) is 0.470. The Labute approximate surface area is 180 Å². The van der Waals surface area contributed by atoms with Crippen molar-refractivity contribution >= 4 is 29.4 Å². The third kappa shape index (κ3) is 5.81. The molecular formula is C19H20ClF4N5O2. The number of alkyl halides is 3. The molecule has 0 aliphatic heterocycles. The van der Waals surface area contributed by atoms with Crippen molar-refractivity contribution in [1.29, 1.82) is 0 Å². The average Bonchev–Trinajstić information content (AvgIpc) is 2.72. The Morgan fingerprint density at radius 3 is 2.23 bits per heavy atom.